The maximum Gasteiger partial charge on any atom is 0.0467 e. The van der Waals surface area contributed by atoms with Gasteiger partial charge in [0.1, 0.15) is 0 Å². The first-order valence-electron chi connectivity index (χ1n) is 3.81. The molecule has 0 saturated heterocycles. The van der Waals surface area contributed by atoms with Crippen molar-refractivity contribution in [1.82, 2.24) is 0 Å². The Morgan fingerprint density at radius 2 is 2.40 bits per heavy atom. The number of allylic oxidation sites excluding steroid dienone is 3. The lowest BCUT2D eigenvalue weighted by Gasteiger charge is -2.08. The first kappa shape index (κ1) is 6.48. The van der Waals surface area contributed by atoms with E-state index in [9.17, 15) is 0 Å². The van der Waals surface area contributed by atoms with Gasteiger partial charge in [-0.2, -0.15) is 0 Å². The van der Waals surface area contributed by atoms with Crippen molar-refractivity contribution >= 4 is 11.6 Å². The standard InChI is InChI=1S/C9H11Cl/c1-2-6-5-7-3-4-8(6)9(7)10/h2,5,7-9H,1,3-4H2. The van der Waals surface area contributed by atoms with Crippen molar-refractivity contribution in [3.05, 3.63) is 24.3 Å². The Balaban J connectivity index is 2.29. The Bertz CT molecular complexity index is 193. The van der Waals surface area contributed by atoms with Gasteiger partial charge in [0.25, 0.3) is 0 Å². The van der Waals surface area contributed by atoms with E-state index in [1.807, 2.05) is 6.08 Å². The summed E-state index contributed by atoms with van der Waals surface area (Å²) >= 11 is 6.15. The van der Waals surface area contributed by atoms with Gasteiger partial charge in [-0.3, -0.25) is 0 Å². The average molecular weight is 155 g/mol. The van der Waals surface area contributed by atoms with Gasteiger partial charge in [0, 0.05) is 11.3 Å². The van der Waals surface area contributed by atoms with Gasteiger partial charge in [-0.25, -0.2) is 0 Å². The van der Waals surface area contributed by atoms with Gasteiger partial charge in [0.05, 0.1) is 0 Å². The highest BCUT2D eigenvalue weighted by atomic mass is 35.5. The van der Waals surface area contributed by atoms with Gasteiger partial charge in [-0.1, -0.05) is 18.7 Å². The van der Waals surface area contributed by atoms with Crippen molar-refractivity contribution in [2.45, 2.75) is 18.2 Å². The summed E-state index contributed by atoms with van der Waals surface area (Å²) < 4.78 is 0. The van der Waals surface area contributed by atoms with E-state index in [2.05, 4.69) is 12.7 Å². The fraction of sp³-hybridized carbons (Fsp3) is 0.556. The summed E-state index contributed by atoms with van der Waals surface area (Å²) in [5.41, 5.74) is 1.39. The summed E-state index contributed by atoms with van der Waals surface area (Å²) in [5.74, 6) is 1.28. The molecule has 1 saturated carbocycles. The van der Waals surface area contributed by atoms with Crippen molar-refractivity contribution in [2.75, 3.05) is 0 Å². The third-order valence-corrected chi connectivity index (χ3v) is 3.30. The Morgan fingerprint density at radius 1 is 1.60 bits per heavy atom. The molecule has 0 aromatic rings. The average Bonchev–Trinajstić information content (AvgIpc) is 2.46. The van der Waals surface area contributed by atoms with Crippen molar-refractivity contribution < 1.29 is 0 Å². The molecule has 10 heavy (non-hydrogen) atoms. The van der Waals surface area contributed by atoms with E-state index in [4.69, 9.17) is 11.6 Å². The van der Waals surface area contributed by atoms with Crippen LogP contribution in [0.2, 0.25) is 0 Å². The first-order chi connectivity index (χ1) is 4.83. The maximum absolute atomic E-state index is 6.15. The smallest absolute Gasteiger partial charge is 0.0467 e. The summed E-state index contributed by atoms with van der Waals surface area (Å²) in [4.78, 5) is 0. The number of rotatable bonds is 1. The minimum atomic E-state index is 0.382. The summed E-state index contributed by atoms with van der Waals surface area (Å²) in [7, 11) is 0. The van der Waals surface area contributed by atoms with Crippen LogP contribution in [0.25, 0.3) is 0 Å². The van der Waals surface area contributed by atoms with Crippen molar-refractivity contribution in [1.29, 1.82) is 0 Å². The van der Waals surface area contributed by atoms with Crippen molar-refractivity contribution in [2.24, 2.45) is 11.8 Å². The Hall–Kier alpha value is -0.230. The van der Waals surface area contributed by atoms with Crippen LogP contribution in [0.4, 0.5) is 0 Å². The molecule has 0 N–H and O–H groups in total. The van der Waals surface area contributed by atoms with E-state index in [1.165, 1.54) is 18.4 Å². The monoisotopic (exact) mass is 154 g/mol. The molecule has 0 spiro atoms. The number of hydrogen-bond acceptors (Lipinski definition) is 0. The zero-order chi connectivity index (χ0) is 7.14. The van der Waals surface area contributed by atoms with Gasteiger partial charge < -0.3 is 0 Å². The van der Waals surface area contributed by atoms with E-state index < -0.39 is 0 Å². The van der Waals surface area contributed by atoms with E-state index in [-0.39, 0.29) is 0 Å². The summed E-state index contributed by atoms with van der Waals surface area (Å²) in [6.07, 6.45) is 6.81. The highest BCUT2D eigenvalue weighted by Crippen LogP contribution is 2.47. The quantitative estimate of drug-likeness (QED) is 0.510. The van der Waals surface area contributed by atoms with Crippen LogP contribution >= 0.6 is 11.6 Å². The van der Waals surface area contributed by atoms with Crippen molar-refractivity contribution in [3.8, 4) is 0 Å². The molecule has 1 fully saturated rings. The molecule has 1 heteroatoms. The normalized spacial score (nSPS) is 43.7. The summed E-state index contributed by atoms with van der Waals surface area (Å²) in [6.45, 7) is 3.77. The Morgan fingerprint density at radius 3 is 2.70 bits per heavy atom. The summed E-state index contributed by atoms with van der Waals surface area (Å²) in [6, 6.07) is 0. The van der Waals surface area contributed by atoms with Gasteiger partial charge in [0.2, 0.25) is 0 Å². The SMILES string of the molecule is C=CC1=CC2CCC1C2Cl. The lowest BCUT2D eigenvalue weighted by molar-refractivity contribution is 0.677. The fourth-order valence-electron chi connectivity index (χ4n) is 2.10. The summed E-state index contributed by atoms with van der Waals surface area (Å²) in [5, 5.41) is 0.382. The highest BCUT2D eigenvalue weighted by Gasteiger charge is 2.39. The lowest BCUT2D eigenvalue weighted by atomic mass is 9.99. The van der Waals surface area contributed by atoms with Gasteiger partial charge >= 0.3 is 0 Å². The van der Waals surface area contributed by atoms with Crippen LogP contribution < -0.4 is 0 Å². The topological polar surface area (TPSA) is 0 Å². The number of halogens is 1. The zero-order valence-corrected chi connectivity index (χ0v) is 6.64. The molecule has 2 aliphatic rings. The second-order valence-electron chi connectivity index (χ2n) is 3.16. The van der Waals surface area contributed by atoms with Crippen LogP contribution in [0.3, 0.4) is 0 Å². The molecule has 0 aromatic heterocycles. The minimum Gasteiger partial charge on any atom is -0.122 e. The third-order valence-electron chi connectivity index (χ3n) is 2.67. The second kappa shape index (κ2) is 2.13. The predicted molar refractivity (Wildman–Crippen MR) is 44.1 cm³/mol. The molecule has 3 unspecified atom stereocenters. The molecular weight excluding hydrogens is 144 g/mol. The van der Waals surface area contributed by atoms with Crippen LogP contribution in [0.5, 0.6) is 0 Å². The van der Waals surface area contributed by atoms with Crippen LogP contribution in [0, 0.1) is 11.8 Å². The molecule has 0 nitrogen and oxygen atoms in total. The van der Waals surface area contributed by atoms with Gasteiger partial charge in [0.15, 0.2) is 0 Å². The number of alkyl halides is 1. The molecule has 3 atom stereocenters. The Kier molecular flexibility index (Phi) is 1.38. The number of fused-ring (bicyclic) bond motifs is 2. The van der Waals surface area contributed by atoms with E-state index in [0.717, 1.165) is 0 Å². The molecule has 0 aromatic carbocycles. The molecule has 54 valence electrons. The Labute approximate surface area is 66.6 Å². The second-order valence-corrected chi connectivity index (χ2v) is 3.67. The third kappa shape index (κ3) is 0.687. The van der Waals surface area contributed by atoms with Gasteiger partial charge in [-0.15, -0.1) is 11.6 Å². The minimum absolute atomic E-state index is 0.382. The fourth-order valence-corrected chi connectivity index (χ4v) is 2.58. The largest absolute Gasteiger partial charge is 0.122 e. The van der Waals surface area contributed by atoms with E-state index >= 15 is 0 Å². The molecule has 0 heterocycles. The number of hydrogen-bond donors (Lipinski definition) is 0. The molecule has 0 aliphatic heterocycles. The van der Waals surface area contributed by atoms with Crippen LogP contribution in [0.1, 0.15) is 12.8 Å². The zero-order valence-electron chi connectivity index (χ0n) is 5.89. The molecule has 2 bridgehead atoms. The first-order valence-corrected chi connectivity index (χ1v) is 4.25. The molecule has 2 aliphatic carbocycles. The van der Waals surface area contributed by atoms with Crippen molar-refractivity contribution in [3.63, 3.8) is 0 Å². The van der Waals surface area contributed by atoms with Crippen LogP contribution in [-0.4, -0.2) is 5.38 Å². The highest BCUT2D eigenvalue weighted by molar-refractivity contribution is 6.21. The van der Waals surface area contributed by atoms with Crippen LogP contribution in [0.15, 0.2) is 24.3 Å². The molecular formula is C9H11Cl. The van der Waals surface area contributed by atoms with E-state index in [1.54, 1.807) is 0 Å². The predicted octanol–water partition coefficient (Wildman–Crippen LogP) is 2.75. The molecule has 2 rings (SSSR count). The van der Waals surface area contributed by atoms with Gasteiger partial charge in [-0.05, 0) is 24.3 Å². The maximum atomic E-state index is 6.15. The molecule has 0 radical (unpaired) electrons. The van der Waals surface area contributed by atoms with Crippen LogP contribution in [-0.2, 0) is 0 Å². The molecule has 0 amide bonds. The van der Waals surface area contributed by atoms with E-state index in [0.29, 0.717) is 17.2 Å². The lowest BCUT2D eigenvalue weighted by Crippen LogP contribution is -2.05.